The largest absolute Gasteiger partial charge is 0.392 e. The molecule has 0 amide bonds. The first-order chi connectivity index (χ1) is 5.77. The highest BCUT2D eigenvalue weighted by atomic mass is 32.2. The van der Waals surface area contributed by atoms with E-state index >= 15 is 0 Å². The summed E-state index contributed by atoms with van der Waals surface area (Å²) in [6.07, 6.45) is -5.17. The molecule has 13 heavy (non-hydrogen) atoms. The summed E-state index contributed by atoms with van der Waals surface area (Å²) in [7, 11) is -3.86. The number of sulfone groups is 1. The van der Waals surface area contributed by atoms with Crippen molar-refractivity contribution in [1.29, 1.82) is 0 Å². The number of halogens is 4. The van der Waals surface area contributed by atoms with E-state index < -0.39 is 46.0 Å². The number of hydrogen-bond acceptors (Lipinski definition) is 2. The van der Waals surface area contributed by atoms with Crippen LogP contribution in [-0.4, -0.2) is 32.3 Å². The minimum atomic E-state index is -4.53. The van der Waals surface area contributed by atoms with Crippen LogP contribution >= 0.6 is 0 Å². The Morgan fingerprint density at radius 3 is 2.08 bits per heavy atom. The van der Waals surface area contributed by atoms with Crippen LogP contribution in [0.4, 0.5) is 17.6 Å². The molecule has 0 radical (unpaired) electrons. The lowest BCUT2D eigenvalue weighted by Crippen LogP contribution is -2.23. The molecule has 7 heteroatoms. The standard InChI is InChI=1S/C6H8F4O2S/c7-2-5-1-4(6(8,9)10)3-13(5,11)12/h4-5H,1-3H2. The molecule has 1 fully saturated rings. The van der Waals surface area contributed by atoms with E-state index in [0.717, 1.165) is 0 Å². The van der Waals surface area contributed by atoms with Crippen molar-refractivity contribution in [3.63, 3.8) is 0 Å². The van der Waals surface area contributed by atoms with Crippen molar-refractivity contribution in [3.05, 3.63) is 0 Å². The van der Waals surface area contributed by atoms with Crippen molar-refractivity contribution in [2.45, 2.75) is 17.8 Å². The van der Waals surface area contributed by atoms with E-state index in [4.69, 9.17) is 0 Å². The predicted octanol–water partition coefficient (Wildman–Crippen LogP) is 1.32. The zero-order valence-electron chi connectivity index (χ0n) is 6.51. The first-order valence-electron chi connectivity index (χ1n) is 3.61. The smallest absolute Gasteiger partial charge is 0.250 e. The predicted molar refractivity (Wildman–Crippen MR) is 37.7 cm³/mol. The summed E-state index contributed by atoms with van der Waals surface area (Å²) in [6, 6.07) is 0. The average Bonchev–Trinajstić information content (AvgIpc) is 2.23. The molecule has 1 saturated heterocycles. The van der Waals surface area contributed by atoms with Crippen LogP contribution in [0.2, 0.25) is 0 Å². The molecule has 2 atom stereocenters. The van der Waals surface area contributed by atoms with Gasteiger partial charge in [0.1, 0.15) is 6.67 Å². The van der Waals surface area contributed by atoms with Gasteiger partial charge in [-0.05, 0) is 6.42 Å². The molecule has 0 aromatic rings. The van der Waals surface area contributed by atoms with Gasteiger partial charge in [0.15, 0.2) is 9.84 Å². The number of rotatable bonds is 1. The first-order valence-corrected chi connectivity index (χ1v) is 5.33. The topological polar surface area (TPSA) is 34.1 Å². The maximum absolute atomic E-state index is 12.0. The molecular weight excluding hydrogens is 212 g/mol. The Morgan fingerprint density at radius 2 is 1.85 bits per heavy atom. The minimum absolute atomic E-state index is 0.637. The fourth-order valence-electron chi connectivity index (χ4n) is 1.34. The molecule has 1 aliphatic heterocycles. The third kappa shape index (κ3) is 2.12. The van der Waals surface area contributed by atoms with Crippen LogP contribution in [0, 0.1) is 5.92 Å². The third-order valence-corrected chi connectivity index (χ3v) is 4.32. The maximum atomic E-state index is 12.0. The Balaban J connectivity index is 2.82. The second-order valence-corrected chi connectivity index (χ2v) is 5.41. The van der Waals surface area contributed by atoms with Crippen LogP contribution < -0.4 is 0 Å². The van der Waals surface area contributed by atoms with E-state index in [2.05, 4.69) is 0 Å². The average molecular weight is 220 g/mol. The van der Waals surface area contributed by atoms with Crippen LogP contribution in [0.1, 0.15) is 6.42 Å². The Bertz CT molecular complexity index is 281. The summed E-state index contributed by atoms with van der Waals surface area (Å²) in [6.45, 7) is -1.23. The molecule has 1 rings (SSSR count). The van der Waals surface area contributed by atoms with E-state index in [-0.39, 0.29) is 0 Å². The van der Waals surface area contributed by atoms with Gasteiger partial charge in [-0.15, -0.1) is 0 Å². The van der Waals surface area contributed by atoms with Crippen LogP contribution in [0.25, 0.3) is 0 Å². The van der Waals surface area contributed by atoms with Gasteiger partial charge in [-0.2, -0.15) is 13.2 Å². The highest BCUT2D eigenvalue weighted by Gasteiger charge is 2.50. The lowest BCUT2D eigenvalue weighted by Gasteiger charge is -2.11. The molecule has 2 nitrogen and oxygen atoms in total. The fraction of sp³-hybridized carbons (Fsp3) is 1.00. The molecule has 0 spiro atoms. The Kier molecular flexibility index (Phi) is 2.57. The maximum Gasteiger partial charge on any atom is 0.392 e. The van der Waals surface area contributed by atoms with Gasteiger partial charge >= 0.3 is 6.18 Å². The molecule has 0 saturated carbocycles. The van der Waals surface area contributed by atoms with Gasteiger partial charge in [-0.1, -0.05) is 0 Å². The summed E-state index contributed by atoms with van der Waals surface area (Å²) >= 11 is 0. The second-order valence-electron chi connectivity index (χ2n) is 3.08. The van der Waals surface area contributed by atoms with Gasteiger partial charge < -0.3 is 0 Å². The monoisotopic (exact) mass is 220 g/mol. The molecule has 78 valence electrons. The second kappa shape index (κ2) is 3.11. The highest BCUT2D eigenvalue weighted by Crippen LogP contribution is 2.38. The van der Waals surface area contributed by atoms with Crippen molar-refractivity contribution in [1.82, 2.24) is 0 Å². The zero-order chi connectivity index (χ0) is 10.3. The summed E-state index contributed by atoms with van der Waals surface area (Å²) < 4.78 is 69.9. The normalized spacial score (nSPS) is 33.5. The molecule has 0 bridgehead atoms. The van der Waals surface area contributed by atoms with Crippen molar-refractivity contribution < 1.29 is 26.0 Å². The van der Waals surface area contributed by atoms with E-state index in [1.807, 2.05) is 0 Å². The molecule has 1 aliphatic rings. The Morgan fingerprint density at radius 1 is 1.31 bits per heavy atom. The van der Waals surface area contributed by atoms with E-state index in [9.17, 15) is 26.0 Å². The molecule has 0 aliphatic carbocycles. The summed E-state index contributed by atoms with van der Waals surface area (Å²) in [5.41, 5.74) is 0. The number of alkyl halides is 4. The van der Waals surface area contributed by atoms with Gasteiger partial charge in [-0.3, -0.25) is 0 Å². The summed E-state index contributed by atoms with van der Waals surface area (Å²) in [5, 5.41) is -1.46. The molecule has 0 N–H and O–H groups in total. The van der Waals surface area contributed by atoms with Crippen LogP contribution in [0.3, 0.4) is 0 Å². The molecule has 2 unspecified atom stereocenters. The zero-order valence-corrected chi connectivity index (χ0v) is 7.33. The van der Waals surface area contributed by atoms with E-state index in [1.165, 1.54) is 0 Å². The highest BCUT2D eigenvalue weighted by molar-refractivity contribution is 7.92. The van der Waals surface area contributed by atoms with Crippen LogP contribution in [0.15, 0.2) is 0 Å². The molecule has 1 heterocycles. The van der Waals surface area contributed by atoms with Crippen LogP contribution in [-0.2, 0) is 9.84 Å². The van der Waals surface area contributed by atoms with Gasteiger partial charge in [0.25, 0.3) is 0 Å². The Labute approximate surface area is 72.8 Å². The molecule has 0 aromatic heterocycles. The van der Waals surface area contributed by atoms with Crippen LogP contribution in [0.5, 0.6) is 0 Å². The third-order valence-electron chi connectivity index (χ3n) is 2.12. The molecular formula is C6H8F4O2S. The fourth-order valence-corrected chi connectivity index (χ4v) is 3.21. The van der Waals surface area contributed by atoms with E-state index in [0.29, 0.717) is 0 Å². The number of hydrogen-bond donors (Lipinski definition) is 0. The van der Waals surface area contributed by atoms with Gasteiger partial charge in [0, 0.05) is 0 Å². The van der Waals surface area contributed by atoms with Crippen molar-refractivity contribution in [2.75, 3.05) is 12.4 Å². The van der Waals surface area contributed by atoms with Gasteiger partial charge in [0.05, 0.1) is 16.9 Å². The quantitative estimate of drug-likeness (QED) is 0.624. The van der Waals surface area contributed by atoms with Gasteiger partial charge in [0.2, 0.25) is 0 Å². The Hall–Kier alpha value is -0.330. The molecule has 0 aromatic carbocycles. The van der Waals surface area contributed by atoms with Crippen molar-refractivity contribution in [2.24, 2.45) is 5.92 Å². The minimum Gasteiger partial charge on any atom is -0.250 e. The van der Waals surface area contributed by atoms with E-state index in [1.54, 1.807) is 0 Å². The first kappa shape index (κ1) is 10.7. The lowest BCUT2D eigenvalue weighted by atomic mass is 10.1. The summed E-state index contributed by atoms with van der Waals surface area (Å²) in [5.74, 6) is -2.86. The van der Waals surface area contributed by atoms with Gasteiger partial charge in [-0.25, -0.2) is 12.8 Å². The SMILES string of the molecule is O=S1(=O)CC(C(F)(F)F)CC1CF. The van der Waals surface area contributed by atoms with Crippen molar-refractivity contribution in [3.8, 4) is 0 Å². The lowest BCUT2D eigenvalue weighted by molar-refractivity contribution is -0.168. The summed E-state index contributed by atoms with van der Waals surface area (Å²) in [4.78, 5) is 0. The van der Waals surface area contributed by atoms with Crippen molar-refractivity contribution >= 4 is 9.84 Å².